The molecule has 0 amide bonds. The Hall–Kier alpha value is -3.61. The fraction of sp³-hybridized carbons (Fsp3) is 0.150. The first kappa shape index (κ1) is 18.2. The molecular weight excluding hydrogens is 346 g/mol. The minimum absolute atomic E-state index is 0.352. The van der Waals surface area contributed by atoms with Gasteiger partial charge in [0.15, 0.2) is 0 Å². The van der Waals surface area contributed by atoms with E-state index in [0.29, 0.717) is 28.6 Å². The molecule has 0 aliphatic rings. The smallest absolute Gasteiger partial charge is 0.341 e. The van der Waals surface area contributed by atoms with Crippen LogP contribution in [0.25, 0.3) is 11.3 Å². The molecule has 2 aromatic carbocycles. The number of anilines is 2. The van der Waals surface area contributed by atoms with Gasteiger partial charge in [-0.3, -0.25) is 0 Å². The number of hydrogen-bond acceptors (Lipinski definition) is 7. The fourth-order valence-corrected chi connectivity index (χ4v) is 2.60. The molecule has 0 aliphatic heterocycles. The third kappa shape index (κ3) is 3.98. The number of carbonyl (C=O) groups excluding carboxylic acids is 1. The number of hydrogen-bond donors (Lipinski definition) is 1. The molecule has 27 heavy (non-hydrogen) atoms. The first-order valence-electron chi connectivity index (χ1n) is 8.15. The average molecular weight is 365 g/mol. The normalized spacial score (nSPS) is 10.2. The van der Waals surface area contributed by atoms with Crippen LogP contribution < -0.4 is 14.8 Å². The van der Waals surface area contributed by atoms with Crippen molar-refractivity contribution in [2.45, 2.75) is 0 Å². The number of nitrogens with zero attached hydrogens (tertiary/aromatic N) is 2. The van der Waals surface area contributed by atoms with Crippen LogP contribution in [0.5, 0.6) is 11.5 Å². The zero-order valence-electron chi connectivity index (χ0n) is 15.2. The highest BCUT2D eigenvalue weighted by molar-refractivity contribution is 5.93. The Kier molecular flexibility index (Phi) is 5.51. The van der Waals surface area contributed by atoms with Crippen LogP contribution in [0, 0.1) is 0 Å². The van der Waals surface area contributed by atoms with Crippen LogP contribution in [0.1, 0.15) is 10.4 Å². The minimum Gasteiger partial charge on any atom is -0.496 e. The van der Waals surface area contributed by atoms with E-state index < -0.39 is 5.97 Å². The lowest BCUT2D eigenvalue weighted by atomic mass is 10.1. The predicted octanol–water partition coefficient (Wildman–Crippen LogP) is 3.69. The number of methoxy groups -OCH3 is 3. The molecule has 0 saturated carbocycles. The molecule has 0 unspecified atom stereocenters. The zero-order valence-corrected chi connectivity index (χ0v) is 15.2. The van der Waals surface area contributed by atoms with Crippen LogP contribution in [-0.4, -0.2) is 37.3 Å². The van der Waals surface area contributed by atoms with Gasteiger partial charge in [-0.05, 0) is 24.3 Å². The first-order chi connectivity index (χ1) is 13.2. The molecule has 0 spiro atoms. The Morgan fingerprint density at radius 3 is 2.44 bits per heavy atom. The molecule has 3 aromatic rings. The van der Waals surface area contributed by atoms with E-state index in [0.717, 1.165) is 11.3 Å². The molecule has 0 bridgehead atoms. The van der Waals surface area contributed by atoms with Gasteiger partial charge in [0.25, 0.3) is 0 Å². The maximum Gasteiger partial charge on any atom is 0.341 e. The number of rotatable bonds is 6. The van der Waals surface area contributed by atoms with Crippen molar-refractivity contribution in [2.75, 3.05) is 26.6 Å². The summed E-state index contributed by atoms with van der Waals surface area (Å²) in [5, 5.41) is 3.22. The Morgan fingerprint density at radius 1 is 0.926 bits per heavy atom. The third-order valence-corrected chi connectivity index (χ3v) is 3.94. The van der Waals surface area contributed by atoms with Crippen LogP contribution in [0.4, 0.5) is 11.5 Å². The number of nitrogens with one attached hydrogen (secondary N) is 1. The molecule has 0 aliphatic carbocycles. The SMILES string of the molecule is COC(=O)c1ccc(-c2cc(Nc3ccccc3OC)ncn2)cc1OC. The van der Waals surface area contributed by atoms with Crippen LogP contribution in [-0.2, 0) is 4.74 Å². The molecule has 0 saturated heterocycles. The van der Waals surface area contributed by atoms with Crippen molar-refractivity contribution >= 4 is 17.5 Å². The molecule has 0 radical (unpaired) electrons. The van der Waals surface area contributed by atoms with Crippen molar-refractivity contribution in [3.8, 4) is 22.8 Å². The Labute approximate surface area is 156 Å². The number of esters is 1. The summed E-state index contributed by atoms with van der Waals surface area (Å²) in [5.74, 6) is 1.28. The second-order valence-electron chi connectivity index (χ2n) is 5.52. The van der Waals surface area contributed by atoms with E-state index in [1.54, 1.807) is 31.4 Å². The van der Waals surface area contributed by atoms with Crippen LogP contribution >= 0.6 is 0 Å². The topological polar surface area (TPSA) is 82.6 Å². The first-order valence-corrected chi connectivity index (χ1v) is 8.15. The van der Waals surface area contributed by atoms with Gasteiger partial charge in [-0.25, -0.2) is 14.8 Å². The van der Waals surface area contributed by atoms with Crippen molar-refractivity contribution < 1.29 is 19.0 Å². The molecule has 7 nitrogen and oxygen atoms in total. The van der Waals surface area contributed by atoms with Crippen molar-refractivity contribution in [1.29, 1.82) is 0 Å². The largest absolute Gasteiger partial charge is 0.496 e. The molecule has 3 rings (SSSR count). The maximum absolute atomic E-state index is 11.8. The summed E-state index contributed by atoms with van der Waals surface area (Å²) >= 11 is 0. The quantitative estimate of drug-likeness (QED) is 0.667. The van der Waals surface area contributed by atoms with Crippen LogP contribution in [0.3, 0.4) is 0 Å². The van der Waals surface area contributed by atoms with E-state index in [1.165, 1.54) is 20.5 Å². The monoisotopic (exact) mass is 365 g/mol. The predicted molar refractivity (Wildman–Crippen MR) is 102 cm³/mol. The Morgan fingerprint density at radius 2 is 1.70 bits per heavy atom. The van der Waals surface area contributed by atoms with E-state index in [2.05, 4.69) is 15.3 Å². The number of ether oxygens (including phenoxy) is 3. The standard InChI is InChI=1S/C20H19N3O4/c1-25-17-7-5-4-6-15(17)23-19-11-16(21-12-22-19)13-8-9-14(20(24)27-3)18(10-13)26-2/h4-12H,1-3H3,(H,21,22,23). The van der Waals surface area contributed by atoms with Gasteiger partial charge in [-0.15, -0.1) is 0 Å². The van der Waals surface area contributed by atoms with E-state index in [4.69, 9.17) is 14.2 Å². The average Bonchev–Trinajstić information content (AvgIpc) is 2.73. The van der Waals surface area contributed by atoms with Gasteiger partial charge >= 0.3 is 5.97 Å². The molecule has 1 aromatic heterocycles. The fourth-order valence-electron chi connectivity index (χ4n) is 2.60. The van der Waals surface area contributed by atoms with E-state index >= 15 is 0 Å². The van der Waals surface area contributed by atoms with Crippen molar-refractivity contribution in [3.63, 3.8) is 0 Å². The van der Waals surface area contributed by atoms with Crippen molar-refractivity contribution in [1.82, 2.24) is 9.97 Å². The van der Waals surface area contributed by atoms with Gasteiger partial charge in [0, 0.05) is 11.6 Å². The van der Waals surface area contributed by atoms with Gasteiger partial charge in [0.05, 0.1) is 32.7 Å². The second-order valence-corrected chi connectivity index (χ2v) is 5.52. The summed E-state index contributed by atoms with van der Waals surface area (Å²) < 4.78 is 15.4. The van der Waals surface area contributed by atoms with E-state index in [9.17, 15) is 4.79 Å². The van der Waals surface area contributed by atoms with Crippen LogP contribution in [0.2, 0.25) is 0 Å². The molecule has 1 N–H and O–H groups in total. The molecule has 0 fully saturated rings. The highest BCUT2D eigenvalue weighted by Gasteiger charge is 2.14. The number of para-hydroxylation sites is 2. The summed E-state index contributed by atoms with van der Waals surface area (Å²) in [5.41, 5.74) is 2.61. The summed E-state index contributed by atoms with van der Waals surface area (Å²) in [6, 6.07) is 14.5. The second kappa shape index (κ2) is 8.18. The molecular formula is C20H19N3O4. The maximum atomic E-state index is 11.8. The number of carbonyl (C=O) groups is 1. The Balaban J connectivity index is 1.92. The summed E-state index contributed by atoms with van der Waals surface area (Å²) in [7, 11) is 4.44. The van der Waals surface area contributed by atoms with Crippen LogP contribution in [0.15, 0.2) is 54.9 Å². The van der Waals surface area contributed by atoms with Gasteiger partial charge < -0.3 is 19.5 Å². The molecule has 0 atom stereocenters. The van der Waals surface area contributed by atoms with Gasteiger partial charge in [-0.1, -0.05) is 18.2 Å². The van der Waals surface area contributed by atoms with Gasteiger partial charge in [0.2, 0.25) is 0 Å². The summed E-state index contributed by atoms with van der Waals surface area (Å²) in [6.07, 6.45) is 1.47. The summed E-state index contributed by atoms with van der Waals surface area (Å²) in [6.45, 7) is 0. The van der Waals surface area contributed by atoms with E-state index in [1.807, 2.05) is 24.3 Å². The molecule has 138 valence electrons. The highest BCUT2D eigenvalue weighted by atomic mass is 16.5. The minimum atomic E-state index is -0.459. The van der Waals surface area contributed by atoms with Gasteiger partial charge in [-0.2, -0.15) is 0 Å². The molecule has 1 heterocycles. The lowest BCUT2D eigenvalue weighted by Crippen LogP contribution is -2.04. The lowest BCUT2D eigenvalue weighted by Gasteiger charge is -2.12. The highest BCUT2D eigenvalue weighted by Crippen LogP contribution is 2.30. The van der Waals surface area contributed by atoms with E-state index in [-0.39, 0.29) is 0 Å². The van der Waals surface area contributed by atoms with Crippen molar-refractivity contribution in [2.24, 2.45) is 0 Å². The number of benzene rings is 2. The summed E-state index contributed by atoms with van der Waals surface area (Å²) in [4.78, 5) is 20.4. The lowest BCUT2D eigenvalue weighted by molar-refractivity contribution is 0.0597. The molecule has 7 heteroatoms. The third-order valence-electron chi connectivity index (χ3n) is 3.94. The van der Waals surface area contributed by atoms with Gasteiger partial charge in [0.1, 0.15) is 29.2 Å². The zero-order chi connectivity index (χ0) is 19.2. The van der Waals surface area contributed by atoms with Crippen molar-refractivity contribution in [3.05, 3.63) is 60.4 Å². The number of aromatic nitrogens is 2. The Bertz CT molecular complexity index is 959.